The standard InChI is InChI=1S/C30H35N3O5/c1-37-30(36)33-28(27(22-11-4-2-5-12-22)23-13-6-3-7-14-23)29(35)32-26-15-9-8-10-21(26)16-17-25-18-31-24(19-34)20-38-25/h2-15,24-25,27-28,31,34H,16-20H2,1H3,(H,32,35)(H,33,36)/t24-,25-,28?/m1/s1. The summed E-state index contributed by atoms with van der Waals surface area (Å²) in [6.45, 7) is 1.19. The van der Waals surface area contributed by atoms with Crippen LogP contribution in [0.5, 0.6) is 0 Å². The van der Waals surface area contributed by atoms with Gasteiger partial charge in [0.05, 0.1) is 32.5 Å². The number of hydrogen-bond acceptors (Lipinski definition) is 6. The molecule has 8 heteroatoms. The van der Waals surface area contributed by atoms with Crippen molar-refractivity contribution in [3.63, 3.8) is 0 Å². The first-order valence-electron chi connectivity index (χ1n) is 12.9. The fourth-order valence-electron chi connectivity index (χ4n) is 4.74. The van der Waals surface area contributed by atoms with E-state index in [1.165, 1.54) is 7.11 Å². The highest BCUT2D eigenvalue weighted by molar-refractivity contribution is 5.98. The number of methoxy groups -OCH3 is 1. The molecule has 200 valence electrons. The van der Waals surface area contributed by atoms with Crippen LogP contribution in [-0.4, -0.2) is 62.2 Å². The first-order chi connectivity index (χ1) is 18.6. The molecule has 0 spiro atoms. The van der Waals surface area contributed by atoms with Crippen molar-refractivity contribution in [2.75, 3.05) is 32.2 Å². The SMILES string of the molecule is COC(=O)NC(C(=O)Nc1ccccc1CC[C@@H]1CN[C@H](CO)CO1)C(c1ccccc1)c1ccccc1. The van der Waals surface area contributed by atoms with Crippen LogP contribution in [0.25, 0.3) is 0 Å². The number of alkyl carbamates (subject to hydrolysis) is 1. The van der Waals surface area contributed by atoms with E-state index in [4.69, 9.17) is 9.47 Å². The number of carbonyl (C=O) groups is 2. The van der Waals surface area contributed by atoms with E-state index in [1.807, 2.05) is 84.9 Å². The smallest absolute Gasteiger partial charge is 0.407 e. The van der Waals surface area contributed by atoms with Gasteiger partial charge in [-0.25, -0.2) is 4.79 Å². The molecule has 0 bridgehead atoms. The fourth-order valence-corrected chi connectivity index (χ4v) is 4.74. The summed E-state index contributed by atoms with van der Waals surface area (Å²) in [6, 6.07) is 26.0. The Morgan fingerprint density at radius 3 is 2.21 bits per heavy atom. The first kappa shape index (κ1) is 27.3. The quantitative estimate of drug-likeness (QED) is 0.328. The zero-order chi connectivity index (χ0) is 26.7. The van der Waals surface area contributed by atoms with Crippen molar-refractivity contribution in [2.24, 2.45) is 0 Å². The van der Waals surface area contributed by atoms with Gasteiger partial charge in [-0.2, -0.15) is 0 Å². The van der Waals surface area contributed by atoms with Gasteiger partial charge < -0.3 is 30.5 Å². The van der Waals surface area contributed by atoms with Crippen LogP contribution in [0.4, 0.5) is 10.5 Å². The second-order valence-corrected chi connectivity index (χ2v) is 9.34. The van der Waals surface area contributed by atoms with Gasteiger partial charge in [0.2, 0.25) is 5.91 Å². The summed E-state index contributed by atoms with van der Waals surface area (Å²) in [4.78, 5) is 26.2. The largest absolute Gasteiger partial charge is 0.453 e. The van der Waals surface area contributed by atoms with Gasteiger partial charge in [0.15, 0.2) is 0 Å². The maximum absolute atomic E-state index is 13.8. The molecule has 3 aromatic rings. The molecule has 4 rings (SSSR count). The summed E-state index contributed by atoms with van der Waals surface area (Å²) >= 11 is 0. The second kappa shape index (κ2) is 13.7. The maximum atomic E-state index is 13.8. The molecule has 2 amide bonds. The maximum Gasteiger partial charge on any atom is 0.407 e. The molecule has 1 saturated heterocycles. The molecule has 3 atom stereocenters. The predicted molar refractivity (Wildman–Crippen MR) is 146 cm³/mol. The van der Waals surface area contributed by atoms with E-state index in [9.17, 15) is 14.7 Å². The second-order valence-electron chi connectivity index (χ2n) is 9.34. The van der Waals surface area contributed by atoms with Crippen molar-refractivity contribution in [1.82, 2.24) is 10.6 Å². The number of aliphatic hydroxyl groups is 1. The van der Waals surface area contributed by atoms with Crippen LogP contribution in [0, 0.1) is 0 Å². The Labute approximate surface area is 223 Å². The number of hydrogen-bond donors (Lipinski definition) is 4. The number of aryl methyl sites for hydroxylation is 1. The molecular weight excluding hydrogens is 482 g/mol. The lowest BCUT2D eigenvalue weighted by Gasteiger charge is -2.30. The lowest BCUT2D eigenvalue weighted by atomic mass is 9.84. The fraction of sp³-hybridized carbons (Fsp3) is 0.333. The van der Waals surface area contributed by atoms with Crippen molar-refractivity contribution >= 4 is 17.7 Å². The molecule has 0 radical (unpaired) electrons. The number of rotatable bonds is 10. The zero-order valence-electron chi connectivity index (χ0n) is 21.5. The van der Waals surface area contributed by atoms with Crippen LogP contribution in [0.2, 0.25) is 0 Å². The third-order valence-corrected chi connectivity index (χ3v) is 6.79. The molecule has 4 N–H and O–H groups in total. The van der Waals surface area contributed by atoms with Gasteiger partial charge in [0, 0.05) is 18.2 Å². The van der Waals surface area contributed by atoms with E-state index in [2.05, 4.69) is 16.0 Å². The van der Waals surface area contributed by atoms with Crippen LogP contribution in [0.1, 0.15) is 29.0 Å². The number of nitrogens with one attached hydrogen (secondary N) is 3. The number of carbonyl (C=O) groups excluding carboxylic acids is 2. The highest BCUT2D eigenvalue weighted by Crippen LogP contribution is 2.30. The van der Waals surface area contributed by atoms with Gasteiger partial charge in [-0.1, -0.05) is 78.9 Å². The van der Waals surface area contributed by atoms with Gasteiger partial charge in [-0.15, -0.1) is 0 Å². The molecule has 1 aliphatic heterocycles. The van der Waals surface area contributed by atoms with Gasteiger partial charge >= 0.3 is 6.09 Å². The molecule has 38 heavy (non-hydrogen) atoms. The Hall–Kier alpha value is -3.72. The minimum Gasteiger partial charge on any atom is -0.453 e. The highest BCUT2D eigenvalue weighted by Gasteiger charge is 2.33. The van der Waals surface area contributed by atoms with Gasteiger partial charge in [-0.05, 0) is 35.6 Å². The van der Waals surface area contributed by atoms with Crippen LogP contribution >= 0.6 is 0 Å². The van der Waals surface area contributed by atoms with E-state index in [0.717, 1.165) is 23.1 Å². The van der Waals surface area contributed by atoms with Gasteiger partial charge in [0.25, 0.3) is 0 Å². The minimum absolute atomic E-state index is 0.0239. The predicted octanol–water partition coefficient (Wildman–Crippen LogP) is 3.46. The molecule has 1 aliphatic rings. The van der Waals surface area contributed by atoms with Gasteiger partial charge in [0.1, 0.15) is 6.04 Å². The topological polar surface area (TPSA) is 109 Å². The minimum atomic E-state index is -0.929. The number of benzene rings is 3. The number of anilines is 1. The van der Waals surface area contributed by atoms with Crippen LogP contribution < -0.4 is 16.0 Å². The molecule has 0 aromatic heterocycles. The van der Waals surface area contributed by atoms with E-state index < -0.39 is 18.1 Å². The molecule has 3 aromatic carbocycles. The van der Waals surface area contributed by atoms with E-state index in [0.29, 0.717) is 25.3 Å². The molecule has 1 unspecified atom stereocenters. The Balaban J connectivity index is 1.56. The van der Waals surface area contributed by atoms with Crippen molar-refractivity contribution < 1.29 is 24.2 Å². The Bertz CT molecular complexity index is 1130. The number of ether oxygens (including phenoxy) is 2. The average Bonchev–Trinajstić information content (AvgIpc) is 2.97. The van der Waals surface area contributed by atoms with Crippen molar-refractivity contribution in [1.29, 1.82) is 0 Å². The molecule has 8 nitrogen and oxygen atoms in total. The number of amides is 2. The monoisotopic (exact) mass is 517 g/mol. The number of para-hydroxylation sites is 1. The Kier molecular flexibility index (Phi) is 9.86. The average molecular weight is 518 g/mol. The lowest BCUT2D eigenvalue weighted by Crippen LogP contribution is -2.48. The third kappa shape index (κ3) is 7.19. The molecule has 0 saturated carbocycles. The summed E-state index contributed by atoms with van der Waals surface area (Å²) < 4.78 is 10.8. The van der Waals surface area contributed by atoms with Crippen molar-refractivity contribution in [2.45, 2.75) is 36.9 Å². The molecular formula is C30H35N3O5. The summed E-state index contributed by atoms with van der Waals surface area (Å²) in [6.07, 6.45) is 0.801. The summed E-state index contributed by atoms with van der Waals surface area (Å²) in [5.74, 6) is -0.785. The van der Waals surface area contributed by atoms with Crippen molar-refractivity contribution in [3.8, 4) is 0 Å². The highest BCUT2D eigenvalue weighted by atomic mass is 16.5. The summed E-state index contributed by atoms with van der Waals surface area (Å²) in [5.41, 5.74) is 3.45. The zero-order valence-corrected chi connectivity index (χ0v) is 21.5. The van der Waals surface area contributed by atoms with Crippen molar-refractivity contribution in [3.05, 3.63) is 102 Å². The first-order valence-corrected chi connectivity index (χ1v) is 12.9. The molecule has 1 heterocycles. The van der Waals surface area contributed by atoms with Crippen LogP contribution in [-0.2, 0) is 20.7 Å². The van der Waals surface area contributed by atoms with Crippen LogP contribution in [0.15, 0.2) is 84.9 Å². The number of morpholine rings is 1. The molecule has 0 aliphatic carbocycles. The van der Waals surface area contributed by atoms with Gasteiger partial charge in [-0.3, -0.25) is 4.79 Å². The summed E-state index contributed by atoms with van der Waals surface area (Å²) in [5, 5.41) is 18.4. The van der Waals surface area contributed by atoms with Crippen LogP contribution in [0.3, 0.4) is 0 Å². The molecule has 1 fully saturated rings. The van der Waals surface area contributed by atoms with E-state index in [-0.39, 0.29) is 24.7 Å². The lowest BCUT2D eigenvalue weighted by molar-refractivity contribution is -0.118. The van der Waals surface area contributed by atoms with E-state index in [1.54, 1.807) is 0 Å². The Morgan fingerprint density at radius 2 is 1.63 bits per heavy atom. The third-order valence-electron chi connectivity index (χ3n) is 6.79. The van der Waals surface area contributed by atoms with E-state index >= 15 is 0 Å². The summed E-state index contributed by atoms with van der Waals surface area (Å²) in [7, 11) is 1.28. The number of aliphatic hydroxyl groups excluding tert-OH is 1. The Morgan fingerprint density at radius 1 is 1.00 bits per heavy atom. The normalized spacial score (nSPS) is 18.0.